The van der Waals surface area contributed by atoms with Crippen LogP contribution in [0, 0.1) is 28.4 Å². The third kappa shape index (κ3) is 3.05. The van der Waals surface area contributed by atoms with Crippen molar-refractivity contribution in [2.45, 2.75) is 6.92 Å². The number of anilines is 1. The lowest BCUT2D eigenvalue weighted by molar-refractivity contribution is -0.385. The number of ether oxygens (including phenoxy) is 1. The first-order valence-corrected chi connectivity index (χ1v) is 7.59. The summed E-state index contributed by atoms with van der Waals surface area (Å²) in [4.78, 5) is 17.4. The van der Waals surface area contributed by atoms with Crippen LogP contribution >= 0.6 is 0 Å². The van der Waals surface area contributed by atoms with E-state index in [9.17, 15) is 10.1 Å². The Labute approximate surface area is 139 Å². The third-order valence-electron chi connectivity index (χ3n) is 4.00. The normalized spacial score (nSPS) is 14.2. The van der Waals surface area contributed by atoms with Gasteiger partial charge in [-0.25, -0.2) is 4.98 Å². The van der Waals surface area contributed by atoms with Crippen LogP contribution in [0.2, 0.25) is 0 Å². The molecule has 2 aromatic rings. The molecule has 3 rings (SSSR count). The van der Waals surface area contributed by atoms with E-state index >= 15 is 0 Å². The van der Waals surface area contributed by atoms with Crippen LogP contribution in [0.15, 0.2) is 30.3 Å². The van der Waals surface area contributed by atoms with Crippen molar-refractivity contribution in [3.63, 3.8) is 0 Å². The second-order valence-electron chi connectivity index (χ2n) is 5.51. The Balaban J connectivity index is 2.14. The van der Waals surface area contributed by atoms with Gasteiger partial charge in [-0.05, 0) is 24.6 Å². The van der Waals surface area contributed by atoms with Gasteiger partial charge in [0.05, 0.1) is 29.8 Å². The van der Waals surface area contributed by atoms with Gasteiger partial charge in [0.15, 0.2) is 0 Å². The largest absolute Gasteiger partial charge is 0.378 e. The van der Waals surface area contributed by atoms with Gasteiger partial charge in [0.25, 0.3) is 5.69 Å². The molecule has 0 saturated carbocycles. The van der Waals surface area contributed by atoms with Crippen LogP contribution < -0.4 is 4.90 Å². The molecule has 0 amide bonds. The molecule has 7 heteroatoms. The Morgan fingerprint density at radius 2 is 1.96 bits per heavy atom. The fourth-order valence-corrected chi connectivity index (χ4v) is 2.72. The lowest BCUT2D eigenvalue weighted by atomic mass is 10.0. The summed E-state index contributed by atoms with van der Waals surface area (Å²) in [6.45, 7) is 4.22. The average molecular weight is 324 g/mol. The predicted molar refractivity (Wildman–Crippen MR) is 88.8 cm³/mol. The van der Waals surface area contributed by atoms with Crippen LogP contribution in [0.4, 0.5) is 11.5 Å². The van der Waals surface area contributed by atoms with Crippen LogP contribution in [-0.2, 0) is 4.74 Å². The van der Waals surface area contributed by atoms with Crippen molar-refractivity contribution in [1.29, 1.82) is 5.26 Å². The highest BCUT2D eigenvalue weighted by Gasteiger charge is 2.23. The number of aryl methyl sites for hydroxylation is 1. The maximum Gasteiger partial charge on any atom is 0.291 e. The van der Waals surface area contributed by atoms with E-state index in [0.29, 0.717) is 48.9 Å². The SMILES string of the molecule is Cc1nc(N2CCOCC2)c(-c2ccc(C#N)cc2)cc1[N+](=O)[O-]. The van der Waals surface area contributed by atoms with E-state index in [0.717, 1.165) is 5.56 Å². The molecule has 0 unspecified atom stereocenters. The van der Waals surface area contributed by atoms with Crippen molar-refractivity contribution in [3.8, 4) is 17.2 Å². The Hall–Kier alpha value is -2.98. The smallest absolute Gasteiger partial charge is 0.291 e. The second kappa shape index (κ2) is 6.64. The number of hydrogen-bond donors (Lipinski definition) is 0. The zero-order valence-corrected chi connectivity index (χ0v) is 13.2. The summed E-state index contributed by atoms with van der Waals surface area (Å²) in [6.07, 6.45) is 0. The molecule has 7 nitrogen and oxygen atoms in total. The minimum absolute atomic E-state index is 0.00799. The van der Waals surface area contributed by atoms with Crippen LogP contribution in [0.5, 0.6) is 0 Å². The molecule has 24 heavy (non-hydrogen) atoms. The number of hydrogen-bond acceptors (Lipinski definition) is 6. The van der Waals surface area contributed by atoms with Crippen LogP contribution in [0.1, 0.15) is 11.3 Å². The Morgan fingerprint density at radius 3 is 2.54 bits per heavy atom. The summed E-state index contributed by atoms with van der Waals surface area (Å²) in [6, 6.07) is 10.6. The van der Waals surface area contributed by atoms with Crippen LogP contribution in [0.3, 0.4) is 0 Å². The molecular formula is C17H16N4O3. The number of rotatable bonds is 3. The molecule has 0 aliphatic carbocycles. The minimum atomic E-state index is -0.418. The van der Waals surface area contributed by atoms with E-state index in [1.165, 1.54) is 0 Å². The standard InChI is InChI=1S/C17H16N4O3/c1-12-16(21(22)23)10-15(14-4-2-13(11-18)3-5-14)17(19-12)20-6-8-24-9-7-20/h2-5,10H,6-9H2,1H3. The van der Waals surface area contributed by atoms with Gasteiger partial charge in [0.1, 0.15) is 11.5 Å². The molecule has 1 aromatic heterocycles. The maximum atomic E-state index is 11.3. The second-order valence-corrected chi connectivity index (χ2v) is 5.51. The molecule has 0 spiro atoms. The van der Waals surface area contributed by atoms with Gasteiger partial charge in [-0.15, -0.1) is 0 Å². The molecule has 1 aliphatic rings. The highest BCUT2D eigenvalue weighted by atomic mass is 16.6. The summed E-state index contributed by atoms with van der Waals surface area (Å²) in [5.41, 5.74) is 2.41. The Bertz CT molecular complexity index is 806. The zero-order valence-electron chi connectivity index (χ0n) is 13.2. The molecule has 1 aliphatic heterocycles. The topological polar surface area (TPSA) is 92.3 Å². The number of benzene rings is 1. The van der Waals surface area contributed by atoms with Gasteiger partial charge in [0, 0.05) is 24.7 Å². The number of nitro groups is 1. The quantitative estimate of drug-likeness (QED) is 0.636. The number of aromatic nitrogens is 1. The molecule has 0 radical (unpaired) electrons. The molecule has 1 saturated heterocycles. The van der Waals surface area contributed by atoms with Gasteiger partial charge in [-0.1, -0.05) is 12.1 Å². The van der Waals surface area contributed by atoms with E-state index in [-0.39, 0.29) is 5.69 Å². The number of nitriles is 1. The van der Waals surface area contributed by atoms with E-state index in [2.05, 4.69) is 16.0 Å². The van der Waals surface area contributed by atoms with Crippen molar-refractivity contribution in [3.05, 3.63) is 51.7 Å². The average Bonchev–Trinajstić information content (AvgIpc) is 2.62. The molecule has 0 bridgehead atoms. The summed E-state index contributed by atoms with van der Waals surface area (Å²) < 4.78 is 5.38. The minimum Gasteiger partial charge on any atom is -0.378 e. The lowest BCUT2D eigenvalue weighted by Crippen LogP contribution is -2.37. The van der Waals surface area contributed by atoms with Crippen LogP contribution in [0.25, 0.3) is 11.1 Å². The summed E-state index contributed by atoms with van der Waals surface area (Å²) in [5.74, 6) is 0.714. The third-order valence-corrected chi connectivity index (χ3v) is 4.00. The molecule has 0 N–H and O–H groups in total. The van der Waals surface area contributed by atoms with E-state index in [1.54, 1.807) is 37.3 Å². The van der Waals surface area contributed by atoms with Crippen molar-refractivity contribution in [1.82, 2.24) is 4.98 Å². The van der Waals surface area contributed by atoms with Gasteiger partial charge in [0.2, 0.25) is 0 Å². The van der Waals surface area contributed by atoms with Gasteiger partial charge in [-0.2, -0.15) is 5.26 Å². The van der Waals surface area contributed by atoms with Crippen molar-refractivity contribution < 1.29 is 9.66 Å². The first kappa shape index (κ1) is 15.9. The fourth-order valence-electron chi connectivity index (χ4n) is 2.72. The fraction of sp³-hybridized carbons (Fsp3) is 0.294. The predicted octanol–water partition coefficient (Wildman–Crippen LogP) is 2.67. The van der Waals surface area contributed by atoms with Crippen molar-refractivity contribution in [2.75, 3.05) is 31.2 Å². The summed E-state index contributed by atoms with van der Waals surface area (Å²) in [7, 11) is 0. The highest BCUT2D eigenvalue weighted by molar-refractivity contribution is 5.78. The molecule has 1 fully saturated rings. The molecule has 1 aromatic carbocycles. The molecule has 2 heterocycles. The van der Waals surface area contributed by atoms with E-state index in [1.807, 2.05) is 0 Å². The van der Waals surface area contributed by atoms with Gasteiger partial charge in [-0.3, -0.25) is 10.1 Å². The molecule has 0 atom stereocenters. The first-order valence-electron chi connectivity index (χ1n) is 7.59. The van der Waals surface area contributed by atoms with Gasteiger partial charge >= 0.3 is 0 Å². The summed E-state index contributed by atoms with van der Waals surface area (Å²) >= 11 is 0. The van der Waals surface area contributed by atoms with E-state index in [4.69, 9.17) is 10.00 Å². The Morgan fingerprint density at radius 1 is 1.29 bits per heavy atom. The molecular weight excluding hydrogens is 308 g/mol. The number of nitrogens with zero attached hydrogens (tertiary/aromatic N) is 4. The van der Waals surface area contributed by atoms with Crippen LogP contribution in [-0.4, -0.2) is 36.2 Å². The van der Waals surface area contributed by atoms with E-state index < -0.39 is 4.92 Å². The maximum absolute atomic E-state index is 11.3. The monoisotopic (exact) mass is 324 g/mol. The number of pyridine rings is 1. The van der Waals surface area contributed by atoms with Crippen molar-refractivity contribution >= 4 is 11.5 Å². The van der Waals surface area contributed by atoms with Crippen molar-refractivity contribution in [2.24, 2.45) is 0 Å². The highest BCUT2D eigenvalue weighted by Crippen LogP contribution is 2.34. The lowest BCUT2D eigenvalue weighted by Gasteiger charge is -2.29. The van der Waals surface area contributed by atoms with Gasteiger partial charge < -0.3 is 9.64 Å². The number of morpholine rings is 1. The Kier molecular flexibility index (Phi) is 4.40. The molecule has 122 valence electrons. The first-order chi connectivity index (χ1) is 11.6. The summed E-state index contributed by atoms with van der Waals surface area (Å²) in [5, 5.41) is 20.2. The zero-order chi connectivity index (χ0) is 17.1.